The maximum absolute atomic E-state index is 11.1. The molecule has 84 valence electrons. The zero-order valence-electron chi connectivity index (χ0n) is 9.45. The summed E-state index contributed by atoms with van der Waals surface area (Å²) < 4.78 is 11.1. The Morgan fingerprint density at radius 1 is 1.64 bits per heavy atom. The Bertz CT molecular complexity index is 199. The van der Waals surface area contributed by atoms with Gasteiger partial charge in [0.15, 0.2) is 0 Å². The summed E-state index contributed by atoms with van der Waals surface area (Å²) in [7, 11) is 1.46. The molecule has 0 saturated carbocycles. The molecule has 0 amide bonds. The quantitative estimate of drug-likeness (QED) is 0.743. The zero-order chi connectivity index (χ0) is 10.6. The van der Waals surface area contributed by atoms with E-state index in [1.165, 1.54) is 19.4 Å². The first-order valence-corrected chi connectivity index (χ1v) is 6.96. The van der Waals surface area contributed by atoms with Crippen LogP contribution in [0.4, 0.5) is 0 Å². The summed E-state index contributed by atoms with van der Waals surface area (Å²) in [6.07, 6.45) is 4.31. The van der Waals surface area contributed by atoms with Gasteiger partial charge in [-0.2, -0.15) is 0 Å². The van der Waals surface area contributed by atoms with Gasteiger partial charge in [0, 0.05) is 41.4 Å². The smallest absolute Gasteiger partial charge is 0.0441 e. The molecular weight excluding hydrogens is 196 g/mol. The molecule has 1 saturated heterocycles. The van der Waals surface area contributed by atoms with Crippen molar-refractivity contribution >= 4 is 10.8 Å². The minimum atomic E-state index is -0.700. The summed E-state index contributed by atoms with van der Waals surface area (Å²) in [5.41, 5.74) is 0. The molecule has 0 aromatic rings. The van der Waals surface area contributed by atoms with E-state index in [1.54, 1.807) is 6.26 Å². The Morgan fingerprint density at radius 3 is 2.93 bits per heavy atom. The number of likely N-dealkylation sites (tertiary alicyclic amines) is 1. The van der Waals surface area contributed by atoms with Crippen molar-refractivity contribution in [1.29, 1.82) is 0 Å². The Balaban J connectivity index is 2.20. The maximum Gasteiger partial charge on any atom is 0.0441 e. The molecule has 1 heterocycles. The van der Waals surface area contributed by atoms with Crippen molar-refractivity contribution in [3.8, 4) is 0 Å². The number of rotatable bonds is 4. The van der Waals surface area contributed by atoms with Crippen molar-refractivity contribution < 1.29 is 4.21 Å². The van der Waals surface area contributed by atoms with Gasteiger partial charge >= 0.3 is 0 Å². The van der Waals surface area contributed by atoms with E-state index >= 15 is 0 Å². The van der Waals surface area contributed by atoms with Crippen molar-refractivity contribution in [3.05, 3.63) is 0 Å². The number of likely N-dealkylation sites (N-methyl/N-ethyl adjacent to an activating group) is 1. The molecule has 0 spiro atoms. The van der Waals surface area contributed by atoms with E-state index in [1.807, 2.05) is 6.92 Å². The molecule has 1 rings (SSSR count). The van der Waals surface area contributed by atoms with Gasteiger partial charge in [-0.25, -0.2) is 0 Å². The number of nitrogens with one attached hydrogen (secondary N) is 1. The van der Waals surface area contributed by atoms with Crippen molar-refractivity contribution in [2.75, 3.05) is 32.9 Å². The molecule has 0 bridgehead atoms. The van der Waals surface area contributed by atoms with Gasteiger partial charge in [0.25, 0.3) is 0 Å². The minimum absolute atomic E-state index is 0.266. The summed E-state index contributed by atoms with van der Waals surface area (Å²) in [6, 6.07) is 0.597. The fourth-order valence-corrected chi connectivity index (χ4v) is 2.11. The molecule has 3 atom stereocenters. The van der Waals surface area contributed by atoms with Crippen LogP contribution in [0.5, 0.6) is 0 Å². The molecule has 0 aromatic carbocycles. The van der Waals surface area contributed by atoms with E-state index < -0.39 is 10.8 Å². The predicted molar refractivity (Wildman–Crippen MR) is 62.1 cm³/mol. The van der Waals surface area contributed by atoms with Crippen LogP contribution in [0.3, 0.4) is 0 Å². The monoisotopic (exact) mass is 218 g/mol. The summed E-state index contributed by atoms with van der Waals surface area (Å²) in [5.74, 6) is 0. The van der Waals surface area contributed by atoms with E-state index in [4.69, 9.17) is 0 Å². The third-order valence-corrected chi connectivity index (χ3v) is 4.19. The van der Waals surface area contributed by atoms with Gasteiger partial charge in [-0.15, -0.1) is 0 Å². The molecule has 4 heteroatoms. The van der Waals surface area contributed by atoms with Crippen LogP contribution in [0, 0.1) is 0 Å². The molecule has 14 heavy (non-hydrogen) atoms. The summed E-state index contributed by atoms with van der Waals surface area (Å²) in [4.78, 5) is 2.36. The first-order valence-electron chi connectivity index (χ1n) is 5.33. The van der Waals surface area contributed by atoms with Gasteiger partial charge < -0.3 is 10.2 Å². The largest absolute Gasteiger partial charge is 0.312 e. The fourth-order valence-electron chi connectivity index (χ4n) is 1.78. The first kappa shape index (κ1) is 12.1. The van der Waals surface area contributed by atoms with E-state index in [0.29, 0.717) is 6.04 Å². The van der Waals surface area contributed by atoms with E-state index in [2.05, 4.69) is 17.3 Å². The van der Waals surface area contributed by atoms with Gasteiger partial charge in [-0.1, -0.05) is 0 Å². The highest BCUT2D eigenvalue weighted by Crippen LogP contribution is 2.07. The minimum Gasteiger partial charge on any atom is -0.312 e. The van der Waals surface area contributed by atoms with Crippen LogP contribution >= 0.6 is 0 Å². The van der Waals surface area contributed by atoms with Crippen LogP contribution in [-0.4, -0.2) is 53.3 Å². The SMILES string of the molecule is CC(CNC1CCCN(C)C1)S(C)=O. The third-order valence-electron chi connectivity index (χ3n) is 2.89. The molecular formula is C10H22N2OS. The molecule has 0 aliphatic carbocycles. The summed E-state index contributed by atoms with van der Waals surface area (Å²) in [5, 5.41) is 3.76. The Hall–Kier alpha value is 0.0700. The number of piperidine rings is 1. The lowest BCUT2D eigenvalue weighted by molar-refractivity contribution is 0.228. The Kier molecular flexibility index (Phi) is 5.06. The topological polar surface area (TPSA) is 32.3 Å². The zero-order valence-corrected chi connectivity index (χ0v) is 10.3. The van der Waals surface area contributed by atoms with Crippen LogP contribution < -0.4 is 5.32 Å². The third kappa shape index (κ3) is 4.07. The number of hydrogen-bond donors (Lipinski definition) is 1. The van der Waals surface area contributed by atoms with Crippen molar-refractivity contribution in [3.63, 3.8) is 0 Å². The molecule has 0 aromatic heterocycles. The van der Waals surface area contributed by atoms with Gasteiger partial charge in [-0.3, -0.25) is 4.21 Å². The first-order chi connectivity index (χ1) is 6.59. The second kappa shape index (κ2) is 5.83. The lowest BCUT2D eigenvalue weighted by Crippen LogP contribution is -2.46. The fraction of sp³-hybridized carbons (Fsp3) is 1.00. The van der Waals surface area contributed by atoms with Gasteiger partial charge in [0.1, 0.15) is 0 Å². The molecule has 3 nitrogen and oxygen atoms in total. The summed E-state index contributed by atoms with van der Waals surface area (Å²) >= 11 is 0. The highest BCUT2D eigenvalue weighted by molar-refractivity contribution is 7.84. The van der Waals surface area contributed by atoms with E-state index in [-0.39, 0.29) is 5.25 Å². The number of hydrogen-bond acceptors (Lipinski definition) is 3. The van der Waals surface area contributed by atoms with Gasteiger partial charge in [0.2, 0.25) is 0 Å². The second-order valence-electron chi connectivity index (χ2n) is 4.32. The highest BCUT2D eigenvalue weighted by atomic mass is 32.2. The Morgan fingerprint density at radius 2 is 2.36 bits per heavy atom. The van der Waals surface area contributed by atoms with Crippen molar-refractivity contribution in [2.45, 2.75) is 31.1 Å². The molecule has 3 unspecified atom stereocenters. The lowest BCUT2D eigenvalue weighted by atomic mass is 10.1. The van der Waals surface area contributed by atoms with E-state index in [9.17, 15) is 4.21 Å². The number of nitrogens with zero attached hydrogens (tertiary/aromatic N) is 1. The molecule has 1 fully saturated rings. The normalized spacial score (nSPS) is 28.6. The molecule has 1 N–H and O–H groups in total. The second-order valence-corrected chi connectivity index (χ2v) is 6.12. The van der Waals surface area contributed by atoms with Crippen LogP contribution in [0.15, 0.2) is 0 Å². The lowest BCUT2D eigenvalue weighted by Gasteiger charge is -2.30. The molecule has 1 aliphatic heterocycles. The molecule has 0 radical (unpaired) electrons. The maximum atomic E-state index is 11.1. The van der Waals surface area contributed by atoms with Gasteiger partial charge in [0.05, 0.1) is 0 Å². The van der Waals surface area contributed by atoms with Crippen LogP contribution in [0.1, 0.15) is 19.8 Å². The standard InChI is InChI=1S/C10H22N2OS/c1-9(14(3)13)7-11-10-5-4-6-12(2)8-10/h9-11H,4-8H2,1-3H3. The van der Waals surface area contributed by atoms with Crippen LogP contribution in [0.2, 0.25) is 0 Å². The van der Waals surface area contributed by atoms with Crippen LogP contribution in [-0.2, 0) is 10.8 Å². The van der Waals surface area contributed by atoms with E-state index in [0.717, 1.165) is 13.1 Å². The van der Waals surface area contributed by atoms with Crippen molar-refractivity contribution in [2.24, 2.45) is 0 Å². The highest BCUT2D eigenvalue weighted by Gasteiger charge is 2.17. The van der Waals surface area contributed by atoms with Gasteiger partial charge in [-0.05, 0) is 33.4 Å². The molecule has 1 aliphatic rings. The summed E-state index contributed by atoms with van der Waals surface area (Å²) in [6.45, 7) is 5.26. The predicted octanol–water partition coefficient (Wildman–Crippen LogP) is 0.437. The van der Waals surface area contributed by atoms with Crippen LogP contribution in [0.25, 0.3) is 0 Å². The average molecular weight is 218 g/mol. The van der Waals surface area contributed by atoms with Crippen molar-refractivity contribution in [1.82, 2.24) is 10.2 Å². The Labute approximate surface area is 89.7 Å². The average Bonchev–Trinajstić information content (AvgIpc) is 2.14.